The summed E-state index contributed by atoms with van der Waals surface area (Å²) in [4.78, 5) is 0. The SMILES string of the molecule is NC(Cc1cccc(F)c1)C1CCOC2(CCCC2)C1. The van der Waals surface area contributed by atoms with Crippen LogP contribution in [0.1, 0.15) is 44.1 Å². The maximum atomic E-state index is 13.2. The molecule has 2 unspecified atom stereocenters. The number of rotatable bonds is 3. The van der Waals surface area contributed by atoms with Crippen LogP contribution < -0.4 is 5.73 Å². The van der Waals surface area contributed by atoms with Crippen molar-refractivity contribution in [2.45, 2.75) is 56.6 Å². The summed E-state index contributed by atoms with van der Waals surface area (Å²) in [5, 5.41) is 0. The van der Waals surface area contributed by atoms with Crippen LogP contribution >= 0.6 is 0 Å². The molecule has 3 heteroatoms. The van der Waals surface area contributed by atoms with Crippen LogP contribution in [0.5, 0.6) is 0 Å². The molecule has 1 spiro atoms. The van der Waals surface area contributed by atoms with Crippen molar-refractivity contribution in [2.75, 3.05) is 6.61 Å². The van der Waals surface area contributed by atoms with Gasteiger partial charge in [-0.3, -0.25) is 0 Å². The molecular weight excluding hydrogens is 253 g/mol. The van der Waals surface area contributed by atoms with E-state index in [2.05, 4.69) is 0 Å². The van der Waals surface area contributed by atoms with Gasteiger partial charge in [-0.25, -0.2) is 4.39 Å². The molecule has 0 aromatic heterocycles. The van der Waals surface area contributed by atoms with Gasteiger partial charge in [0.1, 0.15) is 5.82 Å². The Morgan fingerprint density at radius 3 is 2.90 bits per heavy atom. The number of ether oxygens (including phenoxy) is 1. The van der Waals surface area contributed by atoms with Gasteiger partial charge in [0.25, 0.3) is 0 Å². The Kier molecular flexibility index (Phi) is 4.08. The third kappa shape index (κ3) is 3.04. The predicted molar refractivity (Wildman–Crippen MR) is 78.0 cm³/mol. The first-order chi connectivity index (χ1) is 9.67. The van der Waals surface area contributed by atoms with Crippen molar-refractivity contribution in [3.8, 4) is 0 Å². The van der Waals surface area contributed by atoms with Crippen LogP contribution in [0.3, 0.4) is 0 Å². The van der Waals surface area contributed by atoms with Gasteiger partial charge in [0, 0.05) is 12.6 Å². The lowest BCUT2D eigenvalue weighted by atomic mass is 9.79. The average molecular weight is 277 g/mol. The standard InChI is InChI=1S/C17H24FNO/c18-15-5-3-4-13(10-15)11-16(19)14-6-9-20-17(12-14)7-1-2-8-17/h3-5,10,14,16H,1-2,6-9,11-12,19H2. The third-order valence-electron chi connectivity index (χ3n) is 5.01. The van der Waals surface area contributed by atoms with Gasteiger partial charge in [-0.05, 0) is 55.7 Å². The summed E-state index contributed by atoms with van der Waals surface area (Å²) >= 11 is 0. The molecule has 2 aliphatic rings. The molecule has 2 fully saturated rings. The van der Waals surface area contributed by atoms with Crippen molar-refractivity contribution in [3.63, 3.8) is 0 Å². The monoisotopic (exact) mass is 277 g/mol. The minimum Gasteiger partial charge on any atom is -0.375 e. The smallest absolute Gasteiger partial charge is 0.123 e. The van der Waals surface area contributed by atoms with Gasteiger partial charge >= 0.3 is 0 Å². The summed E-state index contributed by atoms with van der Waals surface area (Å²) in [6, 6.07) is 6.92. The average Bonchev–Trinajstić information content (AvgIpc) is 2.87. The molecule has 1 saturated heterocycles. The molecule has 1 aromatic carbocycles. The number of nitrogens with two attached hydrogens (primary N) is 1. The van der Waals surface area contributed by atoms with Crippen molar-refractivity contribution in [1.82, 2.24) is 0 Å². The largest absolute Gasteiger partial charge is 0.375 e. The van der Waals surface area contributed by atoms with E-state index in [0.29, 0.717) is 5.92 Å². The van der Waals surface area contributed by atoms with E-state index in [-0.39, 0.29) is 17.5 Å². The molecule has 1 aromatic rings. The van der Waals surface area contributed by atoms with Crippen molar-refractivity contribution in [2.24, 2.45) is 11.7 Å². The normalized spacial score (nSPS) is 26.8. The molecule has 1 saturated carbocycles. The summed E-state index contributed by atoms with van der Waals surface area (Å²) in [5.74, 6) is 0.332. The van der Waals surface area contributed by atoms with Crippen LogP contribution in [-0.4, -0.2) is 18.2 Å². The molecule has 20 heavy (non-hydrogen) atoms. The zero-order valence-electron chi connectivity index (χ0n) is 12.0. The lowest BCUT2D eigenvalue weighted by Gasteiger charge is -2.40. The number of hydrogen-bond donors (Lipinski definition) is 1. The molecule has 2 nitrogen and oxygen atoms in total. The molecule has 0 amide bonds. The molecule has 2 N–H and O–H groups in total. The van der Waals surface area contributed by atoms with Gasteiger partial charge in [-0.15, -0.1) is 0 Å². The van der Waals surface area contributed by atoms with E-state index in [1.807, 2.05) is 6.07 Å². The maximum Gasteiger partial charge on any atom is 0.123 e. The van der Waals surface area contributed by atoms with E-state index in [4.69, 9.17) is 10.5 Å². The number of benzene rings is 1. The summed E-state index contributed by atoms with van der Waals surface area (Å²) in [6.07, 6.45) is 7.84. The van der Waals surface area contributed by atoms with E-state index in [0.717, 1.165) is 31.4 Å². The highest BCUT2D eigenvalue weighted by Gasteiger charge is 2.41. The summed E-state index contributed by atoms with van der Waals surface area (Å²) in [6.45, 7) is 0.835. The van der Waals surface area contributed by atoms with Gasteiger partial charge in [-0.1, -0.05) is 25.0 Å². The highest BCUT2D eigenvalue weighted by atomic mass is 19.1. The van der Waals surface area contributed by atoms with Gasteiger partial charge in [0.05, 0.1) is 5.60 Å². The Morgan fingerprint density at radius 1 is 1.35 bits per heavy atom. The second-order valence-electron chi connectivity index (χ2n) is 6.49. The summed E-state index contributed by atoms with van der Waals surface area (Å²) in [5.41, 5.74) is 7.52. The first-order valence-electron chi connectivity index (χ1n) is 7.81. The summed E-state index contributed by atoms with van der Waals surface area (Å²) < 4.78 is 19.3. The molecule has 3 rings (SSSR count). The zero-order valence-corrected chi connectivity index (χ0v) is 12.0. The molecule has 1 heterocycles. The van der Waals surface area contributed by atoms with Gasteiger partial charge in [0.2, 0.25) is 0 Å². The highest BCUT2D eigenvalue weighted by molar-refractivity contribution is 5.17. The Morgan fingerprint density at radius 2 is 2.15 bits per heavy atom. The zero-order chi connectivity index (χ0) is 14.0. The number of hydrogen-bond acceptors (Lipinski definition) is 2. The van der Waals surface area contributed by atoms with Crippen LogP contribution in [0, 0.1) is 11.7 Å². The molecule has 110 valence electrons. The van der Waals surface area contributed by atoms with Gasteiger partial charge in [0.15, 0.2) is 0 Å². The third-order valence-corrected chi connectivity index (χ3v) is 5.01. The van der Waals surface area contributed by atoms with E-state index in [1.165, 1.54) is 31.7 Å². The second-order valence-corrected chi connectivity index (χ2v) is 6.49. The molecule has 0 radical (unpaired) electrons. The van der Waals surface area contributed by atoms with Crippen LogP contribution in [0.25, 0.3) is 0 Å². The van der Waals surface area contributed by atoms with Crippen molar-refractivity contribution >= 4 is 0 Å². The summed E-state index contributed by atoms with van der Waals surface area (Å²) in [7, 11) is 0. The lowest BCUT2D eigenvalue weighted by molar-refractivity contribution is -0.0960. The minimum atomic E-state index is -0.172. The van der Waals surface area contributed by atoms with E-state index < -0.39 is 0 Å². The quantitative estimate of drug-likeness (QED) is 0.918. The topological polar surface area (TPSA) is 35.2 Å². The van der Waals surface area contributed by atoms with E-state index in [9.17, 15) is 4.39 Å². The molecule has 1 aliphatic heterocycles. The first kappa shape index (κ1) is 14.0. The van der Waals surface area contributed by atoms with Gasteiger partial charge < -0.3 is 10.5 Å². The molecule has 0 bridgehead atoms. The van der Waals surface area contributed by atoms with Crippen LogP contribution in [0.2, 0.25) is 0 Å². The molecular formula is C17H24FNO. The molecule has 2 atom stereocenters. The van der Waals surface area contributed by atoms with Crippen LogP contribution in [-0.2, 0) is 11.2 Å². The van der Waals surface area contributed by atoms with E-state index in [1.54, 1.807) is 12.1 Å². The van der Waals surface area contributed by atoms with Crippen molar-refractivity contribution in [3.05, 3.63) is 35.6 Å². The number of halogens is 1. The minimum absolute atomic E-state index is 0.109. The Labute approximate surface area is 120 Å². The van der Waals surface area contributed by atoms with E-state index >= 15 is 0 Å². The second kappa shape index (κ2) is 5.82. The lowest BCUT2D eigenvalue weighted by Crippen LogP contribution is -2.44. The molecule has 1 aliphatic carbocycles. The first-order valence-corrected chi connectivity index (χ1v) is 7.81. The Hall–Kier alpha value is -0.930. The predicted octanol–water partition coefficient (Wildman–Crippen LogP) is 3.43. The van der Waals surface area contributed by atoms with Crippen molar-refractivity contribution in [1.29, 1.82) is 0 Å². The van der Waals surface area contributed by atoms with Crippen LogP contribution in [0.4, 0.5) is 4.39 Å². The van der Waals surface area contributed by atoms with Crippen molar-refractivity contribution < 1.29 is 9.13 Å². The fourth-order valence-corrected chi connectivity index (χ4v) is 3.90. The maximum absolute atomic E-state index is 13.2. The highest BCUT2D eigenvalue weighted by Crippen LogP contribution is 2.42. The van der Waals surface area contributed by atoms with Gasteiger partial charge in [-0.2, -0.15) is 0 Å². The van der Waals surface area contributed by atoms with Crippen LogP contribution in [0.15, 0.2) is 24.3 Å². The fourth-order valence-electron chi connectivity index (χ4n) is 3.90. The Balaban J connectivity index is 1.63. The fraction of sp³-hybridized carbons (Fsp3) is 0.647. The Bertz CT molecular complexity index is 456.